The smallest absolute Gasteiger partial charge is 0.119 e. The van der Waals surface area contributed by atoms with Crippen LogP contribution < -0.4 is 10.5 Å². The molecule has 3 heteroatoms. The molecule has 0 radical (unpaired) electrons. The van der Waals surface area contributed by atoms with E-state index in [1.54, 1.807) is 0 Å². The van der Waals surface area contributed by atoms with E-state index in [0.717, 1.165) is 12.3 Å². The Morgan fingerprint density at radius 2 is 1.85 bits per heavy atom. The van der Waals surface area contributed by atoms with Crippen molar-refractivity contribution < 1.29 is 4.74 Å². The maximum absolute atomic E-state index is 6.07. The lowest BCUT2D eigenvalue weighted by atomic mass is 10.0. The summed E-state index contributed by atoms with van der Waals surface area (Å²) in [7, 11) is 0. The fourth-order valence-corrected chi connectivity index (χ4v) is 3.38. The van der Waals surface area contributed by atoms with Gasteiger partial charge < -0.3 is 10.5 Å². The molecule has 1 aromatic rings. The zero-order valence-electron chi connectivity index (χ0n) is 12.8. The van der Waals surface area contributed by atoms with Crippen molar-refractivity contribution in [3.8, 4) is 5.75 Å². The van der Waals surface area contributed by atoms with Crippen LogP contribution in [0.3, 0.4) is 0 Å². The Labute approximate surface area is 123 Å². The first-order valence-corrected chi connectivity index (χ1v) is 7.98. The summed E-state index contributed by atoms with van der Waals surface area (Å²) >= 11 is 0. The molecule has 3 nitrogen and oxygen atoms in total. The molecule has 0 spiro atoms. The first-order chi connectivity index (χ1) is 9.80. The molecular weight excluding hydrogens is 248 g/mol. The zero-order chi connectivity index (χ0) is 14.4. The van der Waals surface area contributed by atoms with Gasteiger partial charge in [-0.15, -0.1) is 0 Å². The summed E-state index contributed by atoms with van der Waals surface area (Å²) in [5, 5.41) is 0. The lowest BCUT2D eigenvalue weighted by Crippen LogP contribution is -2.40. The van der Waals surface area contributed by atoms with E-state index < -0.39 is 0 Å². The fraction of sp³-hybridized carbons (Fsp3) is 0.647. The number of nitrogens with zero attached hydrogens (tertiary/aromatic N) is 1. The molecule has 0 bridgehead atoms. The van der Waals surface area contributed by atoms with Crippen molar-refractivity contribution in [2.75, 3.05) is 19.7 Å². The molecule has 112 valence electrons. The fourth-order valence-electron chi connectivity index (χ4n) is 3.38. The SMILES string of the molecule is CCOc1ccc(C(CN)N(CC)C2CCCC2)cc1. The van der Waals surface area contributed by atoms with Crippen LogP contribution in [0.25, 0.3) is 0 Å². The first kappa shape index (κ1) is 15.3. The second-order valence-corrected chi connectivity index (χ2v) is 5.52. The van der Waals surface area contributed by atoms with Crippen LogP contribution in [0.1, 0.15) is 51.1 Å². The molecular formula is C17H28N2O. The molecule has 2 N–H and O–H groups in total. The Morgan fingerprint density at radius 3 is 2.35 bits per heavy atom. The van der Waals surface area contributed by atoms with Crippen LogP contribution in [0.5, 0.6) is 5.75 Å². The Kier molecular flexibility index (Phi) is 5.86. The molecule has 1 aromatic carbocycles. The number of rotatable bonds is 7. The lowest BCUT2D eigenvalue weighted by Gasteiger charge is -2.35. The summed E-state index contributed by atoms with van der Waals surface area (Å²) in [6, 6.07) is 9.49. The molecule has 1 aliphatic carbocycles. The molecule has 1 atom stereocenters. The highest BCUT2D eigenvalue weighted by atomic mass is 16.5. The van der Waals surface area contributed by atoms with Gasteiger partial charge in [-0.05, 0) is 44.0 Å². The minimum Gasteiger partial charge on any atom is -0.494 e. The van der Waals surface area contributed by atoms with Crippen LogP contribution in [0.15, 0.2) is 24.3 Å². The van der Waals surface area contributed by atoms with E-state index in [0.29, 0.717) is 25.2 Å². The van der Waals surface area contributed by atoms with E-state index in [-0.39, 0.29) is 0 Å². The van der Waals surface area contributed by atoms with Crippen molar-refractivity contribution in [2.24, 2.45) is 5.73 Å². The Morgan fingerprint density at radius 1 is 1.20 bits per heavy atom. The minimum atomic E-state index is 0.332. The third-order valence-electron chi connectivity index (χ3n) is 4.36. The van der Waals surface area contributed by atoms with Crippen LogP contribution >= 0.6 is 0 Å². The highest BCUT2D eigenvalue weighted by molar-refractivity contribution is 5.29. The van der Waals surface area contributed by atoms with E-state index in [1.165, 1.54) is 31.2 Å². The van der Waals surface area contributed by atoms with Gasteiger partial charge in [0.25, 0.3) is 0 Å². The van der Waals surface area contributed by atoms with Crippen molar-refractivity contribution in [3.63, 3.8) is 0 Å². The maximum atomic E-state index is 6.07. The number of hydrogen-bond donors (Lipinski definition) is 1. The van der Waals surface area contributed by atoms with Crippen molar-refractivity contribution in [3.05, 3.63) is 29.8 Å². The summed E-state index contributed by atoms with van der Waals surface area (Å²) in [4.78, 5) is 2.59. The Bertz CT molecular complexity index is 384. The highest BCUT2D eigenvalue weighted by Gasteiger charge is 2.27. The third kappa shape index (κ3) is 3.53. The largest absolute Gasteiger partial charge is 0.494 e. The van der Waals surface area contributed by atoms with Crippen LogP contribution in [-0.2, 0) is 0 Å². The van der Waals surface area contributed by atoms with E-state index in [4.69, 9.17) is 10.5 Å². The van der Waals surface area contributed by atoms with Crippen LogP contribution in [0, 0.1) is 0 Å². The molecule has 1 saturated carbocycles. The quantitative estimate of drug-likeness (QED) is 0.830. The molecule has 20 heavy (non-hydrogen) atoms. The van der Waals surface area contributed by atoms with Gasteiger partial charge in [0.05, 0.1) is 6.61 Å². The van der Waals surface area contributed by atoms with Crippen molar-refractivity contribution in [2.45, 2.75) is 51.6 Å². The average Bonchev–Trinajstić information content (AvgIpc) is 3.00. The van der Waals surface area contributed by atoms with Gasteiger partial charge in [-0.2, -0.15) is 0 Å². The van der Waals surface area contributed by atoms with Crippen LogP contribution in [0.2, 0.25) is 0 Å². The number of likely N-dealkylation sites (N-methyl/N-ethyl adjacent to an activating group) is 1. The van der Waals surface area contributed by atoms with Gasteiger partial charge in [-0.1, -0.05) is 31.9 Å². The molecule has 0 heterocycles. The molecule has 0 aromatic heterocycles. The number of ether oxygens (including phenoxy) is 1. The molecule has 0 amide bonds. The number of nitrogens with two attached hydrogens (primary N) is 1. The summed E-state index contributed by atoms with van der Waals surface area (Å²) in [6.45, 7) is 6.71. The van der Waals surface area contributed by atoms with E-state index in [1.807, 2.05) is 6.92 Å². The van der Waals surface area contributed by atoms with Crippen molar-refractivity contribution >= 4 is 0 Å². The molecule has 0 saturated heterocycles. The lowest BCUT2D eigenvalue weighted by molar-refractivity contribution is 0.147. The van der Waals surface area contributed by atoms with Gasteiger partial charge in [0, 0.05) is 18.6 Å². The topological polar surface area (TPSA) is 38.5 Å². The normalized spacial score (nSPS) is 17.6. The van der Waals surface area contributed by atoms with Gasteiger partial charge in [-0.3, -0.25) is 4.90 Å². The Hall–Kier alpha value is -1.06. The molecule has 0 aliphatic heterocycles. The average molecular weight is 276 g/mol. The monoisotopic (exact) mass is 276 g/mol. The molecule has 2 rings (SSSR count). The van der Waals surface area contributed by atoms with Crippen molar-refractivity contribution in [1.29, 1.82) is 0 Å². The summed E-state index contributed by atoms with van der Waals surface area (Å²) in [5.74, 6) is 0.941. The number of hydrogen-bond acceptors (Lipinski definition) is 3. The zero-order valence-corrected chi connectivity index (χ0v) is 12.8. The van der Waals surface area contributed by atoms with Gasteiger partial charge >= 0.3 is 0 Å². The first-order valence-electron chi connectivity index (χ1n) is 7.98. The number of benzene rings is 1. The van der Waals surface area contributed by atoms with E-state index in [9.17, 15) is 0 Å². The van der Waals surface area contributed by atoms with Crippen LogP contribution in [-0.4, -0.2) is 30.6 Å². The molecule has 1 aliphatic rings. The molecule has 1 unspecified atom stereocenters. The maximum Gasteiger partial charge on any atom is 0.119 e. The van der Waals surface area contributed by atoms with E-state index in [2.05, 4.69) is 36.1 Å². The van der Waals surface area contributed by atoms with Gasteiger partial charge in [0.2, 0.25) is 0 Å². The second kappa shape index (κ2) is 7.65. The third-order valence-corrected chi connectivity index (χ3v) is 4.36. The predicted molar refractivity (Wildman–Crippen MR) is 84.0 cm³/mol. The highest BCUT2D eigenvalue weighted by Crippen LogP contribution is 2.31. The van der Waals surface area contributed by atoms with Crippen molar-refractivity contribution in [1.82, 2.24) is 4.90 Å². The Balaban J connectivity index is 2.12. The van der Waals surface area contributed by atoms with Gasteiger partial charge in [0.1, 0.15) is 5.75 Å². The van der Waals surface area contributed by atoms with Gasteiger partial charge in [0.15, 0.2) is 0 Å². The standard InChI is InChI=1S/C17H28N2O/c1-3-19(15-7-5-6-8-15)17(13-18)14-9-11-16(12-10-14)20-4-2/h9-12,15,17H,3-8,13,18H2,1-2H3. The summed E-state index contributed by atoms with van der Waals surface area (Å²) < 4.78 is 5.52. The molecule has 1 fully saturated rings. The summed E-state index contributed by atoms with van der Waals surface area (Å²) in [6.07, 6.45) is 5.37. The minimum absolute atomic E-state index is 0.332. The predicted octanol–water partition coefficient (Wildman–Crippen LogP) is 3.35. The second-order valence-electron chi connectivity index (χ2n) is 5.52. The van der Waals surface area contributed by atoms with Gasteiger partial charge in [-0.25, -0.2) is 0 Å². The summed E-state index contributed by atoms with van der Waals surface area (Å²) in [5.41, 5.74) is 7.38. The van der Waals surface area contributed by atoms with Crippen LogP contribution in [0.4, 0.5) is 0 Å². The van der Waals surface area contributed by atoms with E-state index >= 15 is 0 Å².